The molecule has 5 nitrogen and oxygen atoms in total. The van der Waals surface area contributed by atoms with Gasteiger partial charge in [-0.05, 0) is 12.1 Å². The van der Waals surface area contributed by atoms with Crippen LogP contribution in [0.4, 0.5) is 5.82 Å². The maximum Gasteiger partial charge on any atom is 0.322 e. The van der Waals surface area contributed by atoms with Crippen molar-refractivity contribution in [3.8, 4) is 0 Å². The topological polar surface area (TPSA) is 75.1 Å². The van der Waals surface area contributed by atoms with E-state index >= 15 is 0 Å². The van der Waals surface area contributed by atoms with Gasteiger partial charge in [-0.2, -0.15) is 0 Å². The lowest BCUT2D eigenvalue weighted by atomic mass is 10.5. The van der Waals surface area contributed by atoms with Crippen molar-refractivity contribution >= 4 is 23.4 Å². The van der Waals surface area contributed by atoms with E-state index in [4.69, 9.17) is 16.7 Å². The van der Waals surface area contributed by atoms with Crippen LogP contribution in [-0.4, -0.2) is 27.8 Å². The van der Waals surface area contributed by atoms with Gasteiger partial charge in [-0.25, -0.2) is 0 Å². The summed E-state index contributed by atoms with van der Waals surface area (Å²) in [5, 5.41) is 18.2. The zero-order chi connectivity index (χ0) is 8.97. The molecule has 0 fully saturated rings. The molecule has 64 valence electrons. The Morgan fingerprint density at radius 2 is 2.33 bits per heavy atom. The number of hydrogen-bond acceptors (Lipinski definition) is 4. The number of halogens is 1. The predicted molar refractivity (Wildman–Crippen MR) is 43.2 cm³/mol. The smallest absolute Gasteiger partial charge is 0.322 e. The van der Waals surface area contributed by atoms with Crippen molar-refractivity contribution in [2.24, 2.45) is 0 Å². The highest BCUT2D eigenvalue weighted by molar-refractivity contribution is 6.29. The Hall–Kier alpha value is -1.36. The first kappa shape index (κ1) is 8.73. The van der Waals surface area contributed by atoms with Crippen molar-refractivity contribution in [3.63, 3.8) is 0 Å². The average Bonchev–Trinajstić information content (AvgIpc) is 2.03. The number of nitrogens with zero attached hydrogens (tertiary/aromatic N) is 2. The zero-order valence-electron chi connectivity index (χ0n) is 5.99. The fraction of sp³-hybridized carbons (Fsp3) is 0.167. The molecule has 1 aromatic rings. The molecule has 0 aromatic carbocycles. The number of aromatic nitrogens is 2. The van der Waals surface area contributed by atoms with E-state index in [1.54, 1.807) is 6.07 Å². The van der Waals surface area contributed by atoms with Crippen LogP contribution in [0.2, 0.25) is 5.15 Å². The lowest BCUT2D eigenvalue weighted by molar-refractivity contribution is -0.134. The van der Waals surface area contributed by atoms with Crippen LogP contribution >= 0.6 is 11.6 Å². The molecule has 12 heavy (non-hydrogen) atoms. The van der Waals surface area contributed by atoms with Gasteiger partial charge in [0.1, 0.15) is 12.4 Å². The Labute approximate surface area is 73.4 Å². The molecule has 0 atom stereocenters. The maximum atomic E-state index is 10.1. The van der Waals surface area contributed by atoms with Gasteiger partial charge < -0.3 is 10.4 Å². The third-order valence-corrected chi connectivity index (χ3v) is 1.25. The van der Waals surface area contributed by atoms with Crippen LogP contribution in [-0.2, 0) is 4.79 Å². The first-order chi connectivity index (χ1) is 5.68. The van der Waals surface area contributed by atoms with Crippen LogP contribution in [0.15, 0.2) is 12.1 Å². The summed E-state index contributed by atoms with van der Waals surface area (Å²) in [7, 11) is 0. The highest BCUT2D eigenvalue weighted by Crippen LogP contribution is 2.04. The lowest BCUT2D eigenvalue weighted by Crippen LogP contribution is -2.13. The first-order valence-corrected chi connectivity index (χ1v) is 3.51. The molecule has 1 rings (SSSR count). The predicted octanol–water partition coefficient (Wildman–Crippen LogP) is 0.627. The van der Waals surface area contributed by atoms with Gasteiger partial charge in [-0.3, -0.25) is 4.79 Å². The van der Waals surface area contributed by atoms with E-state index in [1.165, 1.54) is 6.07 Å². The molecule has 0 unspecified atom stereocenters. The maximum absolute atomic E-state index is 10.1. The molecule has 0 aliphatic heterocycles. The Kier molecular flexibility index (Phi) is 2.82. The quantitative estimate of drug-likeness (QED) is 0.726. The van der Waals surface area contributed by atoms with E-state index < -0.39 is 5.97 Å². The summed E-state index contributed by atoms with van der Waals surface area (Å²) in [5.74, 6) is -0.562. The highest BCUT2D eigenvalue weighted by atomic mass is 35.5. The molecule has 0 radical (unpaired) electrons. The first-order valence-electron chi connectivity index (χ1n) is 3.13. The molecule has 0 bridgehead atoms. The second-order valence-corrected chi connectivity index (χ2v) is 2.38. The molecule has 0 saturated carbocycles. The van der Waals surface area contributed by atoms with Gasteiger partial charge in [-0.15, -0.1) is 10.2 Å². The van der Waals surface area contributed by atoms with Crippen molar-refractivity contribution in [2.45, 2.75) is 0 Å². The molecule has 6 heteroatoms. The van der Waals surface area contributed by atoms with Gasteiger partial charge >= 0.3 is 5.97 Å². The molecule has 2 N–H and O–H groups in total. The number of aliphatic carboxylic acids is 1. The normalized spacial score (nSPS) is 9.42. The molecule has 0 saturated heterocycles. The largest absolute Gasteiger partial charge is 0.480 e. The van der Waals surface area contributed by atoms with E-state index in [-0.39, 0.29) is 11.7 Å². The number of rotatable bonds is 3. The fourth-order valence-corrected chi connectivity index (χ4v) is 0.677. The van der Waals surface area contributed by atoms with Crippen molar-refractivity contribution < 1.29 is 9.90 Å². The summed E-state index contributed by atoms with van der Waals surface area (Å²) in [4.78, 5) is 10.1. The summed E-state index contributed by atoms with van der Waals surface area (Å²) in [6.07, 6.45) is 0. The van der Waals surface area contributed by atoms with Crippen LogP contribution in [0.1, 0.15) is 0 Å². The summed E-state index contributed by atoms with van der Waals surface area (Å²) < 4.78 is 0. The Morgan fingerprint density at radius 3 is 2.83 bits per heavy atom. The average molecular weight is 188 g/mol. The zero-order valence-corrected chi connectivity index (χ0v) is 6.75. The lowest BCUT2D eigenvalue weighted by Gasteiger charge is -1.99. The minimum absolute atomic E-state index is 0.184. The van der Waals surface area contributed by atoms with Crippen LogP contribution in [0.5, 0.6) is 0 Å². The van der Waals surface area contributed by atoms with Gasteiger partial charge in [0, 0.05) is 0 Å². The van der Waals surface area contributed by atoms with Crippen molar-refractivity contribution in [1.82, 2.24) is 10.2 Å². The number of carboxylic acid groups (broad SMARTS) is 1. The second kappa shape index (κ2) is 3.87. The van der Waals surface area contributed by atoms with Crippen molar-refractivity contribution in [1.29, 1.82) is 0 Å². The van der Waals surface area contributed by atoms with Crippen molar-refractivity contribution in [3.05, 3.63) is 17.3 Å². The van der Waals surface area contributed by atoms with Gasteiger partial charge in [0.25, 0.3) is 0 Å². The minimum Gasteiger partial charge on any atom is -0.480 e. The summed E-state index contributed by atoms with van der Waals surface area (Å²) in [6, 6.07) is 3.08. The molecule has 0 spiro atoms. The van der Waals surface area contributed by atoms with E-state index in [2.05, 4.69) is 15.5 Å². The molecule has 1 heterocycles. The number of anilines is 1. The molecular weight excluding hydrogens is 182 g/mol. The summed E-state index contributed by atoms with van der Waals surface area (Å²) in [5.41, 5.74) is 0. The van der Waals surface area contributed by atoms with Crippen molar-refractivity contribution in [2.75, 3.05) is 11.9 Å². The van der Waals surface area contributed by atoms with Gasteiger partial charge in [-0.1, -0.05) is 11.6 Å². The molecule has 1 aromatic heterocycles. The number of nitrogens with one attached hydrogen (secondary N) is 1. The van der Waals surface area contributed by atoms with E-state index in [1.807, 2.05) is 0 Å². The van der Waals surface area contributed by atoms with Crippen LogP contribution in [0.25, 0.3) is 0 Å². The third-order valence-electron chi connectivity index (χ3n) is 1.05. The minimum atomic E-state index is -0.952. The van der Waals surface area contributed by atoms with E-state index in [9.17, 15) is 4.79 Å². The Balaban J connectivity index is 2.53. The number of hydrogen-bond donors (Lipinski definition) is 2. The third kappa shape index (κ3) is 2.71. The van der Waals surface area contributed by atoms with Gasteiger partial charge in [0.05, 0.1) is 0 Å². The molecular formula is C6H6ClN3O2. The monoisotopic (exact) mass is 187 g/mol. The highest BCUT2D eigenvalue weighted by Gasteiger charge is 1.97. The van der Waals surface area contributed by atoms with Gasteiger partial charge in [0.15, 0.2) is 5.15 Å². The molecule has 0 amide bonds. The van der Waals surface area contributed by atoms with Gasteiger partial charge in [0.2, 0.25) is 0 Å². The fourth-order valence-electron chi connectivity index (χ4n) is 0.576. The number of carbonyl (C=O) groups is 1. The second-order valence-electron chi connectivity index (χ2n) is 1.99. The molecule has 0 aliphatic rings. The summed E-state index contributed by atoms with van der Waals surface area (Å²) >= 11 is 5.46. The SMILES string of the molecule is O=C(O)CNc1ccc(Cl)nn1. The van der Waals surface area contributed by atoms with E-state index in [0.717, 1.165) is 0 Å². The van der Waals surface area contributed by atoms with Crippen LogP contribution < -0.4 is 5.32 Å². The van der Waals surface area contributed by atoms with Crippen LogP contribution in [0, 0.1) is 0 Å². The Bertz CT molecular complexity index is 275. The van der Waals surface area contributed by atoms with E-state index in [0.29, 0.717) is 5.82 Å². The van der Waals surface area contributed by atoms with Crippen LogP contribution in [0.3, 0.4) is 0 Å². The standard InChI is InChI=1S/C6H6ClN3O2/c7-4-1-2-5(10-9-4)8-3-6(11)12/h1-2H,3H2,(H,8,10)(H,11,12). The summed E-state index contributed by atoms with van der Waals surface area (Å²) in [6.45, 7) is -0.184. The molecule has 0 aliphatic carbocycles. The number of carboxylic acids is 1. The Morgan fingerprint density at radius 1 is 1.58 bits per heavy atom.